The number of hydrogen-bond acceptors (Lipinski definition) is 2. The topological polar surface area (TPSA) is 21.3 Å². The van der Waals surface area contributed by atoms with Gasteiger partial charge in [0.15, 0.2) is 0 Å². The minimum atomic E-state index is -4.66. The van der Waals surface area contributed by atoms with Gasteiger partial charge in [-0.25, -0.2) is 0 Å². The summed E-state index contributed by atoms with van der Waals surface area (Å²) in [7, 11) is 0. The van der Waals surface area contributed by atoms with E-state index in [0.717, 1.165) is 18.4 Å². The van der Waals surface area contributed by atoms with Crippen LogP contribution in [0.15, 0.2) is 22.7 Å². The highest BCUT2D eigenvalue weighted by Crippen LogP contribution is 2.33. The van der Waals surface area contributed by atoms with Crippen molar-refractivity contribution in [3.05, 3.63) is 28.2 Å². The summed E-state index contributed by atoms with van der Waals surface area (Å²) < 4.78 is 40.6. The van der Waals surface area contributed by atoms with E-state index in [1.807, 2.05) is 0 Å². The van der Waals surface area contributed by atoms with E-state index in [-0.39, 0.29) is 11.3 Å². The molecule has 0 heterocycles. The number of halogens is 4. The average Bonchev–Trinajstić information content (AvgIpc) is 2.25. The van der Waals surface area contributed by atoms with Gasteiger partial charge < -0.3 is 10.1 Å². The van der Waals surface area contributed by atoms with Crippen LogP contribution in [-0.2, 0) is 6.54 Å². The Balaban J connectivity index is 1.98. The minimum Gasteiger partial charge on any atom is -0.405 e. The largest absolute Gasteiger partial charge is 0.573 e. The van der Waals surface area contributed by atoms with Gasteiger partial charge in [-0.15, -0.1) is 13.2 Å². The maximum Gasteiger partial charge on any atom is 0.573 e. The molecule has 0 bridgehead atoms. The first-order chi connectivity index (χ1) is 8.77. The fourth-order valence-electron chi connectivity index (χ4n) is 2.06. The van der Waals surface area contributed by atoms with Gasteiger partial charge in [0, 0.05) is 12.1 Å². The summed E-state index contributed by atoms with van der Waals surface area (Å²) in [6.45, 7) is 2.80. The van der Waals surface area contributed by atoms with Crippen molar-refractivity contribution in [2.24, 2.45) is 0 Å². The summed E-state index contributed by atoms with van der Waals surface area (Å²) in [6, 6.07) is 4.62. The fourth-order valence-corrected chi connectivity index (χ4v) is 2.57. The second kappa shape index (κ2) is 5.32. The number of benzene rings is 1. The van der Waals surface area contributed by atoms with Crippen molar-refractivity contribution < 1.29 is 17.9 Å². The molecule has 1 aliphatic carbocycles. The van der Waals surface area contributed by atoms with Crippen molar-refractivity contribution in [1.29, 1.82) is 0 Å². The Kier molecular flexibility index (Phi) is 4.11. The number of ether oxygens (including phenoxy) is 1. The first-order valence-electron chi connectivity index (χ1n) is 6.07. The van der Waals surface area contributed by atoms with Crippen molar-refractivity contribution in [3.63, 3.8) is 0 Å². The van der Waals surface area contributed by atoms with Gasteiger partial charge in [-0.1, -0.05) is 6.07 Å². The molecule has 0 aliphatic heterocycles. The van der Waals surface area contributed by atoms with Crippen LogP contribution in [0, 0.1) is 0 Å². The third kappa shape index (κ3) is 4.11. The molecular formula is C13H15BrF3NO. The average molecular weight is 338 g/mol. The van der Waals surface area contributed by atoms with E-state index >= 15 is 0 Å². The van der Waals surface area contributed by atoms with Crippen LogP contribution in [0.5, 0.6) is 5.75 Å². The molecule has 0 saturated heterocycles. The molecular weight excluding hydrogens is 323 g/mol. The van der Waals surface area contributed by atoms with E-state index in [4.69, 9.17) is 0 Å². The van der Waals surface area contributed by atoms with E-state index in [2.05, 4.69) is 32.9 Å². The summed E-state index contributed by atoms with van der Waals surface area (Å²) >= 11 is 3.10. The van der Waals surface area contributed by atoms with Gasteiger partial charge in [0.2, 0.25) is 0 Å². The van der Waals surface area contributed by atoms with Crippen LogP contribution in [0.1, 0.15) is 31.7 Å². The van der Waals surface area contributed by atoms with E-state index in [1.54, 1.807) is 12.1 Å². The zero-order valence-corrected chi connectivity index (χ0v) is 12.1. The Labute approximate surface area is 118 Å². The fraction of sp³-hybridized carbons (Fsp3) is 0.538. The summed E-state index contributed by atoms with van der Waals surface area (Å²) in [5, 5.41) is 3.42. The molecule has 1 aromatic rings. The highest BCUT2D eigenvalue weighted by molar-refractivity contribution is 9.10. The maximum absolute atomic E-state index is 12.1. The van der Waals surface area contributed by atoms with Gasteiger partial charge in [0.05, 0.1) is 4.47 Å². The van der Waals surface area contributed by atoms with Gasteiger partial charge in [-0.05, 0) is 59.8 Å². The molecule has 1 saturated carbocycles. The van der Waals surface area contributed by atoms with Gasteiger partial charge in [0.1, 0.15) is 5.75 Å². The summed E-state index contributed by atoms with van der Waals surface area (Å²) in [5.41, 5.74) is 1.10. The van der Waals surface area contributed by atoms with Crippen LogP contribution in [0.4, 0.5) is 13.2 Å². The number of hydrogen-bond donors (Lipinski definition) is 1. The molecule has 2 nitrogen and oxygen atoms in total. The molecule has 0 atom stereocenters. The van der Waals surface area contributed by atoms with Crippen molar-refractivity contribution in [3.8, 4) is 5.75 Å². The number of nitrogens with one attached hydrogen (secondary N) is 1. The van der Waals surface area contributed by atoms with Crippen LogP contribution in [0.3, 0.4) is 0 Å². The summed E-state index contributed by atoms with van der Waals surface area (Å²) in [4.78, 5) is 0. The lowest BCUT2D eigenvalue weighted by Crippen LogP contribution is -2.47. The Morgan fingerprint density at radius 3 is 2.53 bits per heavy atom. The molecule has 2 rings (SSSR count). The summed E-state index contributed by atoms with van der Waals surface area (Å²) in [5.74, 6) is -0.217. The smallest absolute Gasteiger partial charge is 0.405 e. The van der Waals surface area contributed by atoms with Gasteiger partial charge in [-0.3, -0.25) is 0 Å². The quantitative estimate of drug-likeness (QED) is 0.880. The number of alkyl halides is 3. The summed E-state index contributed by atoms with van der Waals surface area (Å²) in [6.07, 6.45) is -1.15. The first-order valence-corrected chi connectivity index (χ1v) is 6.86. The molecule has 1 N–H and O–H groups in total. The Hall–Kier alpha value is -0.750. The lowest BCUT2D eigenvalue weighted by atomic mass is 9.78. The lowest BCUT2D eigenvalue weighted by molar-refractivity contribution is -0.274. The number of rotatable bonds is 4. The van der Waals surface area contributed by atoms with Crippen molar-refractivity contribution in [2.75, 3.05) is 0 Å². The Bertz CT molecular complexity index is 458. The van der Waals surface area contributed by atoms with Crippen LogP contribution in [0.2, 0.25) is 0 Å². The van der Waals surface area contributed by atoms with Gasteiger partial charge in [-0.2, -0.15) is 0 Å². The molecule has 1 aromatic carbocycles. The normalized spacial score (nSPS) is 17.9. The van der Waals surface area contributed by atoms with E-state index in [9.17, 15) is 13.2 Å². The van der Waals surface area contributed by atoms with Gasteiger partial charge in [0.25, 0.3) is 0 Å². The minimum absolute atomic E-state index is 0.174. The molecule has 0 aromatic heterocycles. The maximum atomic E-state index is 12.1. The zero-order chi connectivity index (χ0) is 14.1. The molecule has 19 heavy (non-hydrogen) atoms. The van der Waals surface area contributed by atoms with Crippen LogP contribution in [0.25, 0.3) is 0 Å². The molecule has 0 unspecified atom stereocenters. The van der Waals surface area contributed by atoms with E-state index in [1.165, 1.54) is 12.5 Å². The zero-order valence-electron chi connectivity index (χ0n) is 10.5. The molecule has 106 valence electrons. The lowest BCUT2D eigenvalue weighted by Gasteiger charge is -2.39. The third-order valence-electron chi connectivity index (χ3n) is 3.40. The molecule has 6 heteroatoms. The SMILES string of the molecule is CC1(NCc2ccc(OC(F)(F)F)c(Br)c2)CCC1. The van der Waals surface area contributed by atoms with Gasteiger partial charge >= 0.3 is 6.36 Å². The molecule has 0 spiro atoms. The predicted octanol–water partition coefficient (Wildman–Crippen LogP) is 4.38. The Morgan fingerprint density at radius 1 is 1.37 bits per heavy atom. The highest BCUT2D eigenvalue weighted by atomic mass is 79.9. The predicted molar refractivity (Wildman–Crippen MR) is 69.9 cm³/mol. The van der Waals surface area contributed by atoms with Crippen LogP contribution < -0.4 is 10.1 Å². The molecule has 1 fully saturated rings. The standard InChI is InChI=1S/C13H15BrF3NO/c1-12(5-2-6-12)18-8-9-3-4-11(10(14)7-9)19-13(15,16)17/h3-4,7,18H,2,5-6,8H2,1H3. The first kappa shape index (κ1) is 14.7. The van der Waals surface area contributed by atoms with E-state index in [0.29, 0.717) is 11.0 Å². The van der Waals surface area contributed by atoms with Crippen LogP contribution >= 0.6 is 15.9 Å². The molecule has 0 amide bonds. The highest BCUT2D eigenvalue weighted by Gasteiger charge is 2.32. The van der Waals surface area contributed by atoms with Crippen LogP contribution in [-0.4, -0.2) is 11.9 Å². The van der Waals surface area contributed by atoms with Crippen molar-refractivity contribution >= 4 is 15.9 Å². The van der Waals surface area contributed by atoms with E-state index < -0.39 is 6.36 Å². The Morgan fingerprint density at radius 2 is 2.05 bits per heavy atom. The second-order valence-electron chi connectivity index (χ2n) is 5.08. The molecule has 0 radical (unpaired) electrons. The second-order valence-corrected chi connectivity index (χ2v) is 5.93. The van der Waals surface area contributed by atoms with Crippen molar-refractivity contribution in [1.82, 2.24) is 5.32 Å². The third-order valence-corrected chi connectivity index (χ3v) is 4.02. The molecule has 1 aliphatic rings. The monoisotopic (exact) mass is 337 g/mol. The van der Waals surface area contributed by atoms with Crippen molar-refractivity contribution in [2.45, 2.75) is 44.6 Å².